The van der Waals surface area contributed by atoms with Gasteiger partial charge in [0.25, 0.3) is 0 Å². The lowest BCUT2D eigenvalue weighted by Crippen LogP contribution is -2.36. The van der Waals surface area contributed by atoms with E-state index in [0.29, 0.717) is 6.54 Å². The third kappa shape index (κ3) is 2.43. The van der Waals surface area contributed by atoms with E-state index < -0.39 is 5.41 Å². The van der Waals surface area contributed by atoms with Crippen molar-refractivity contribution in [2.75, 3.05) is 11.4 Å². The van der Waals surface area contributed by atoms with Gasteiger partial charge >= 0.3 is 0 Å². The molecule has 0 aromatic heterocycles. The van der Waals surface area contributed by atoms with Crippen LogP contribution in [0.2, 0.25) is 0 Å². The van der Waals surface area contributed by atoms with Crippen molar-refractivity contribution in [1.29, 1.82) is 5.26 Å². The van der Waals surface area contributed by atoms with Crippen molar-refractivity contribution in [3.63, 3.8) is 0 Å². The normalized spacial score (nSPS) is 21.5. The number of aryl methyl sites for hydroxylation is 1. The molecule has 1 unspecified atom stereocenters. The average Bonchev–Trinajstić information content (AvgIpc) is 2.62. The van der Waals surface area contributed by atoms with Crippen LogP contribution in [0, 0.1) is 23.7 Å². The number of carbonyl (C=O) groups excluding carboxylic acids is 1. The van der Waals surface area contributed by atoms with Crippen molar-refractivity contribution < 1.29 is 4.79 Å². The summed E-state index contributed by atoms with van der Waals surface area (Å²) >= 11 is 0. The first-order valence-electron chi connectivity index (χ1n) is 6.99. The lowest BCUT2D eigenvalue weighted by molar-refractivity contribution is -0.116. The molecule has 1 heterocycles. The minimum Gasteiger partial charge on any atom is -0.311 e. The summed E-state index contributed by atoms with van der Waals surface area (Å²) in [4.78, 5) is 13.7. The Hall–Kier alpha value is -1.82. The fourth-order valence-corrected chi connectivity index (χ4v) is 3.34. The Balaban J connectivity index is 2.51. The number of hydrogen-bond donors (Lipinski definition) is 0. The van der Waals surface area contributed by atoms with E-state index in [2.05, 4.69) is 26.0 Å². The van der Waals surface area contributed by atoms with Gasteiger partial charge in [-0.15, -0.1) is 0 Å². The van der Waals surface area contributed by atoms with Gasteiger partial charge in [0.2, 0.25) is 5.91 Å². The quantitative estimate of drug-likeness (QED) is 0.824. The maximum absolute atomic E-state index is 11.9. The Kier molecular flexibility index (Phi) is 3.37. The summed E-state index contributed by atoms with van der Waals surface area (Å²) in [5.74, 6) is 0.0635. The minimum absolute atomic E-state index is 0.0635. The van der Waals surface area contributed by atoms with E-state index in [0.717, 1.165) is 12.1 Å². The van der Waals surface area contributed by atoms with Gasteiger partial charge in [-0.1, -0.05) is 24.6 Å². The van der Waals surface area contributed by atoms with Gasteiger partial charge in [0, 0.05) is 24.6 Å². The molecule has 106 valence electrons. The van der Waals surface area contributed by atoms with Crippen LogP contribution in [-0.4, -0.2) is 12.5 Å². The second-order valence-corrected chi connectivity index (χ2v) is 6.86. The highest BCUT2D eigenvalue weighted by Gasteiger charge is 2.43. The van der Waals surface area contributed by atoms with Crippen molar-refractivity contribution in [2.24, 2.45) is 5.41 Å². The van der Waals surface area contributed by atoms with Crippen LogP contribution in [0.5, 0.6) is 0 Å². The number of amides is 1. The van der Waals surface area contributed by atoms with Crippen LogP contribution >= 0.6 is 0 Å². The monoisotopic (exact) mass is 270 g/mol. The number of rotatable bonds is 2. The number of benzene rings is 1. The lowest BCUT2D eigenvalue weighted by Gasteiger charge is -2.31. The van der Waals surface area contributed by atoms with Gasteiger partial charge in [-0.05, 0) is 38.8 Å². The van der Waals surface area contributed by atoms with E-state index in [1.165, 1.54) is 11.1 Å². The van der Waals surface area contributed by atoms with Crippen LogP contribution in [-0.2, 0) is 10.2 Å². The summed E-state index contributed by atoms with van der Waals surface area (Å²) in [6.45, 7) is 10.4. The molecule has 3 nitrogen and oxygen atoms in total. The Labute approximate surface area is 121 Å². The second-order valence-electron chi connectivity index (χ2n) is 6.86. The van der Waals surface area contributed by atoms with Gasteiger partial charge in [-0.3, -0.25) is 4.79 Å². The zero-order valence-corrected chi connectivity index (χ0v) is 12.9. The Bertz CT molecular complexity index is 597. The molecule has 0 N–H and O–H groups in total. The number of fused-ring (bicyclic) bond motifs is 1. The van der Waals surface area contributed by atoms with Crippen molar-refractivity contribution >= 4 is 11.6 Å². The van der Waals surface area contributed by atoms with Crippen LogP contribution in [0.4, 0.5) is 5.69 Å². The molecular formula is C17H22N2O. The first-order chi connectivity index (χ1) is 9.18. The smallest absolute Gasteiger partial charge is 0.223 e. The van der Waals surface area contributed by atoms with Gasteiger partial charge in [0.05, 0.1) is 11.5 Å². The molecular weight excluding hydrogens is 248 g/mol. The number of nitrogens with zero attached hydrogens (tertiary/aromatic N) is 2. The molecule has 1 amide bonds. The van der Waals surface area contributed by atoms with E-state index in [4.69, 9.17) is 0 Å². The Morgan fingerprint density at radius 2 is 2.15 bits per heavy atom. The molecule has 0 saturated heterocycles. The summed E-state index contributed by atoms with van der Waals surface area (Å²) < 4.78 is 0. The summed E-state index contributed by atoms with van der Waals surface area (Å²) in [6, 6.07) is 8.60. The zero-order valence-electron chi connectivity index (χ0n) is 12.9. The van der Waals surface area contributed by atoms with E-state index in [1.54, 1.807) is 6.92 Å². The predicted molar refractivity (Wildman–Crippen MR) is 80.6 cm³/mol. The largest absolute Gasteiger partial charge is 0.311 e. The molecule has 1 atom stereocenters. The molecule has 0 bridgehead atoms. The molecule has 1 aliphatic rings. The molecule has 1 aliphatic heterocycles. The maximum atomic E-state index is 11.9. The molecule has 0 radical (unpaired) electrons. The van der Waals surface area contributed by atoms with Crippen molar-refractivity contribution in [2.45, 2.75) is 46.5 Å². The molecule has 0 aliphatic carbocycles. The third-order valence-electron chi connectivity index (χ3n) is 4.12. The fourth-order valence-electron chi connectivity index (χ4n) is 3.34. The molecule has 0 fully saturated rings. The molecule has 1 aromatic carbocycles. The molecule has 2 rings (SSSR count). The highest BCUT2D eigenvalue weighted by Crippen LogP contribution is 2.46. The first kappa shape index (κ1) is 14.6. The number of hydrogen-bond acceptors (Lipinski definition) is 2. The number of anilines is 1. The highest BCUT2D eigenvalue weighted by molar-refractivity contribution is 5.94. The van der Waals surface area contributed by atoms with E-state index in [9.17, 15) is 10.1 Å². The van der Waals surface area contributed by atoms with Crippen LogP contribution in [0.15, 0.2) is 18.2 Å². The summed E-state index contributed by atoms with van der Waals surface area (Å²) in [6.07, 6.45) is 0.747. The predicted octanol–water partition coefficient (Wildman–Crippen LogP) is 3.56. The molecule has 0 saturated carbocycles. The van der Waals surface area contributed by atoms with Crippen LogP contribution < -0.4 is 4.90 Å². The SMILES string of the molecule is CC(=O)N1CC(C)(CC(C)(C)C#N)c2cc(C)ccc21. The van der Waals surface area contributed by atoms with Crippen LogP contribution in [0.25, 0.3) is 0 Å². The van der Waals surface area contributed by atoms with E-state index in [-0.39, 0.29) is 11.3 Å². The fraction of sp³-hybridized carbons (Fsp3) is 0.529. The summed E-state index contributed by atoms with van der Waals surface area (Å²) in [5.41, 5.74) is 2.82. The lowest BCUT2D eigenvalue weighted by atomic mass is 9.71. The van der Waals surface area contributed by atoms with Gasteiger partial charge in [0.1, 0.15) is 0 Å². The standard InChI is InChI=1S/C17H22N2O/c1-12-6-7-15-14(8-12)17(5,9-16(3,4)10-18)11-19(15)13(2)20/h6-8H,9,11H2,1-5H3. The van der Waals surface area contributed by atoms with Gasteiger partial charge in [0.15, 0.2) is 0 Å². The molecule has 0 spiro atoms. The Morgan fingerprint density at radius 1 is 1.50 bits per heavy atom. The van der Waals surface area contributed by atoms with Crippen molar-refractivity contribution in [1.82, 2.24) is 0 Å². The zero-order chi connectivity index (χ0) is 15.1. The molecule has 3 heteroatoms. The molecule has 1 aromatic rings. The summed E-state index contributed by atoms with van der Waals surface area (Å²) in [5, 5.41) is 9.32. The maximum Gasteiger partial charge on any atom is 0.223 e. The van der Waals surface area contributed by atoms with Crippen molar-refractivity contribution in [3.8, 4) is 6.07 Å². The minimum atomic E-state index is -0.400. The van der Waals surface area contributed by atoms with Crippen LogP contribution in [0.1, 0.15) is 45.2 Å². The van der Waals surface area contributed by atoms with Gasteiger partial charge in [-0.2, -0.15) is 5.26 Å². The summed E-state index contributed by atoms with van der Waals surface area (Å²) in [7, 11) is 0. The van der Waals surface area contributed by atoms with Gasteiger partial charge in [-0.25, -0.2) is 0 Å². The molecule has 20 heavy (non-hydrogen) atoms. The van der Waals surface area contributed by atoms with Crippen LogP contribution in [0.3, 0.4) is 0 Å². The van der Waals surface area contributed by atoms with E-state index in [1.807, 2.05) is 30.9 Å². The number of carbonyl (C=O) groups is 1. The average molecular weight is 270 g/mol. The highest BCUT2D eigenvalue weighted by atomic mass is 16.2. The number of nitriles is 1. The van der Waals surface area contributed by atoms with E-state index >= 15 is 0 Å². The Morgan fingerprint density at radius 3 is 2.70 bits per heavy atom. The first-order valence-corrected chi connectivity index (χ1v) is 6.99. The van der Waals surface area contributed by atoms with Gasteiger partial charge < -0.3 is 4.90 Å². The topological polar surface area (TPSA) is 44.1 Å². The second kappa shape index (κ2) is 4.63. The third-order valence-corrected chi connectivity index (χ3v) is 4.12. The van der Waals surface area contributed by atoms with Crippen molar-refractivity contribution in [3.05, 3.63) is 29.3 Å².